The van der Waals surface area contributed by atoms with E-state index in [-0.39, 0.29) is 0 Å². The zero-order valence-corrected chi connectivity index (χ0v) is 7.56. The summed E-state index contributed by atoms with van der Waals surface area (Å²) in [4.78, 5) is 0. The van der Waals surface area contributed by atoms with E-state index in [2.05, 4.69) is 0 Å². The van der Waals surface area contributed by atoms with Crippen LogP contribution in [-0.4, -0.2) is 10.2 Å². The molecule has 2 rings (SSSR count). The van der Waals surface area contributed by atoms with Crippen molar-refractivity contribution < 1.29 is 27.8 Å². The van der Waals surface area contributed by atoms with Crippen LogP contribution in [0.4, 0.5) is 17.6 Å². The summed E-state index contributed by atoms with van der Waals surface area (Å²) in [6.45, 7) is 0. The molecule has 0 radical (unpaired) electrons. The Morgan fingerprint density at radius 2 is 1.38 bits per heavy atom. The van der Waals surface area contributed by atoms with Crippen molar-refractivity contribution in [2.45, 2.75) is 0 Å². The number of benzene rings is 2. The van der Waals surface area contributed by atoms with E-state index in [4.69, 9.17) is 5.11 Å². The predicted molar refractivity (Wildman–Crippen MR) is 47.1 cm³/mol. The average Bonchev–Trinajstić information content (AvgIpc) is 2.26. The van der Waals surface area contributed by atoms with Gasteiger partial charge in [-0.2, -0.15) is 4.39 Å². The molecule has 84 valence electrons. The molecule has 0 aromatic heterocycles. The first kappa shape index (κ1) is 10.5. The van der Waals surface area contributed by atoms with Gasteiger partial charge in [0.15, 0.2) is 17.4 Å². The lowest BCUT2D eigenvalue weighted by Crippen LogP contribution is -1.96. The monoisotopic (exact) mass is 232 g/mol. The minimum absolute atomic E-state index is 0.678. The maximum absolute atomic E-state index is 13.2. The molecule has 0 heterocycles. The second-order valence-corrected chi connectivity index (χ2v) is 3.11. The summed E-state index contributed by atoms with van der Waals surface area (Å²) in [6, 6.07) is 1.48. The van der Waals surface area contributed by atoms with Crippen LogP contribution >= 0.6 is 0 Å². The summed E-state index contributed by atoms with van der Waals surface area (Å²) in [5.41, 5.74) is 0. The molecule has 0 saturated heterocycles. The second-order valence-electron chi connectivity index (χ2n) is 3.11. The Morgan fingerprint density at radius 1 is 0.750 bits per heavy atom. The van der Waals surface area contributed by atoms with Crippen LogP contribution in [0, 0.1) is 23.3 Å². The fourth-order valence-electron chi connectivity index (χ4n) is 1.44. The van der Waals surface area contributed by atoms with E-state index >= 15 is 0 Å². The average molecular weight is 232 g/mol. The molecular formula is C10H4F4O2. The van der Waals surface area contributed by atoms with Gasteiger partial charge in [-0.15, -0.1) is 0 Å². The van der Waals surface area contributed by atoms with Crippen LogP contribution in [0.5, 0.6) is 11.5 Å². The van der Waals surface area contributed by atoms with E-state index in [1.807, 2.05) is 0 Å². The van der Waals surface area contributed by atoms with Crippen molar-refractivity contribution in [1.29, 1.82) is 0 Å². The molecule has 0 aliphatic rings. The van der Waals surface area contributed by atoms with Crippen LogP contribution in [0.1, 0.15) is 0 Å². The minimum Gasteiger partial charge on any atom is -0.507 e. The highest BCUT2D eigenvalue weighted by atomic mass is 19.2. The van der Waals surface area contributed by atoms with Gasteiger partial charge in [0, 0.05) is 0 Å². The van der Waals surface area contributed by atoms with Crippen molar-refractivity contribution >= 4 is 10.8 Å². The highest BCUT2D eigenvalue weighted by Crippen LogP contribution is 2.39. The first-order chi connectivity index (χ1) is 7.45. The van der Waals surface area contributed by atoms with Gasteiger partial charge in [0.1, 0.15) is 11.6 Å². The maximum Gasteiger partial charge on any atom is 0.204 e. The Labute approximate surface area is 86.4 Å². The predicted octanol–water partition coefficient (Wildman–Crippen LogP) is 2.81. The van der Waals surface area contributed by atoms with Gasteiger partial charge in [-0.3, -0.25) is 0 Å². The fraction of sp³-hybridized carbons (Fsp3) is 0. The molecule has 2 aromatic carbocycles. The van der Waals surface area contributed by atoms with Crippen LogP contribution in [0.15, 0.2) is 12.1 Å². The van der Waals surface area contributed by atoms with Gasteiger partial charge in [0.25, 0.3) is 0 Å². The Bertz CT molecular complexity index is 543. The van der Waals surface area contributed by atoms with Crippen molar-refractivity contribution in [3.63, 3.8) is 0 Å². The molecule has 2 aromatic rings. The van der Waals surface area contributed by atoms with Crippen LogP contribution in [-0.2, 0) is 0 Å². The van der Waals surface area contributed by atoms with E-state index in [1.54, 1.807) is 0 Å². The standard InChI is InChI=1S/C10H4F4O2/c11-3-1-2-4(15)6-5(3)7(12)8(13)9(14)10(6)16/h1-2,15-16H. The molecule has 16 heavy (non-hydrogen) atoms. The number of rotatable bonds is 0. The Morgan fingerprint density at radius 3 is 2.00 bits per heavy atom. The van der Waals surface area contributed by atoms with Crippen LogP contribution in [0.3, 0.4) is 0 Å². The van der Waals surface area contributed by atoms with Gasteiger partial charge in [-0.1, -0.05) is 0 Å². The van der Waals surface area contributed by atoms with Crippen molar-refractivity contribution in [1.82, 2.24) is 0 Å². The number of hydrogen-bond donors (Lipinski definition) is 2. The first-order valence-electron chi connectivity index (χ1n) is 4.11. The van der Waals surface area contributed by atoms with E-state index in [9.17, 15) is 22.7 Å². The lowest BCUT2D eigenvalue weighted by atomic mass is 10.1. The number of halogens is 4. The number of phenolic OH excluding ortho intramolecular Hbond substituents is 2. The van der Waals surface area contributed by atoms with Gasteiger partial charge in [-0.05, 0) is 12.1 Å². The molecule has 2 nitrogen and oxygen atoms in total. The van der Waals surface area contributed by atoms with Gasteiger partial charge in [0.05, 0.1) is 10.8 Å². The van der Waals surface area contributed by atoms with Crippen molar-refractivity contribution in [3.8, 4) is 11.5 Å². The first-order valence-corrected chi connectivity index (χ1v) is 4.11. The number of aromatic hydroxyl groups is 2. The molecule has 2 N–H and O–H groups in total. The van der Waals surface area contributed by atoms with Crippen LogP contribution < -0.4 is 0 Å². The Balaban J connectivity index is 3.14. The lowest BCUT2D eigenvalue weighted by molar-refractivity contribution is 0.390. The fourth-order valence-corrected chi connectivity index (χ4v) is 1.44. The highest BCUT2D eigenvalue weighted by Gasteiger charge is 2.24. The summed E-state index contributed by atoms with van der Waals surface area (Å²) in [5.74, 6) is -8.93. The van der Waals surface area contributed by atoms with Gasteiger partial charge < -0.3 is 10.2 Å². The molecule has 0 aliphatic carbocycles. The number of fused-ring (bicyclic) bond motifs is 1. The van der Waals surface area contributed by atoms with E-state index in [1.165, 1.54) is 0 Å². The normalized spacial score (nSPS) is 11.0. The smallest absolute Gasteiger partial charge is 0.204 e. The summed E-state index contributed by atoms with van der Waals surface area (Å²) in [7, 11) is 0. The third-order valence-electron chi connectivity index (χ3n) is 2.18. The number of phenols is 2. The molecule has 0 fully saturated rings. The van der Waals surface area contributed by atoms with Crippen molar-refractivity contribution in [2.75, 3.05) is 0 Å². The molecule has 0 atom stereocenters. The summed E-state index contributed by atoms with van der Waals surface area (Å²) >= 11 is 0. The zero-order chi connectivity index (χ0) is 12.0. The summed E-state index contributed by atoms with van der Waals surface area (Å²) in [6.07, 6.45) is 0. The zero-order valence-electron chi connectivity index (χ0n) is 7.56. The van der Waals surface area contributed by atoms with Crippen molar-refractivity contribution in [2.24, 2.45) is 0 Å². The molecule has 0 spiro atoms. The molecule has 0 saturated carbocycles. The van der Waals surface area contributed by atoms with Crippen LogP contribution in [0.25, 0.3) is 10.8 Å². The van der Waals surface area contributed by atoms with E-state index in [0.29, 0.717) is 6.07 Å². The number of hydrogen-bond acceptors (Lipinski definition) is 2. The quantitative estimate of drug-likeness (QED) is 0.541. The maximum atomic E-state index is 13.2. The lowest BCUT2D eigenvalue weighted by Gasteiger charge is -2.07. The molecular weight excluding hydrogens is 228 g/mol. The van der Waals surface area contributed by atoms with Crippen molar-refractivity contribution in [3.05, 3.63) is 35.4 Å². The highest BCUT2D eigenvalue weighted by molar-refractivity contribution is 5.94. The van der Waals surface area contributed by atoms with Gasteiger partial charge in [-0.25, -0.2) is 13.2 Å². The molecule has 6 heteroatoms. The van der Waals surface area contributed by atoms with E-state index in [0.717, 1.165) is 6.07 Å². The Hall–Kier alpha value is -1.98. The van der Waals surface area contributed by atoms with Crippen LogP contribution in [0.2, 0.25) is 0 Å². The minimum atomic E-state index is -1.99. The molecule has 0 bridgehead atoms. The van der Waals surface area contributed by atoms with Gasteiger partial charge in [0.2, 0.25) is 5.82 Å². The van der Waals surface area contributed by atoms with Gasteiger partial charge >= 0.3 is 0 Å². The third-order valence-corrected chi connectivity index (χ3v) is 2.18. The van der Waals surface area contributed by atoms with E-state index < -0.39 is 45.5 Å². The molecule has 0 aliphatic heterocycles. The molecule has 0 amide bonds. The third kappa shape index (κ3) is 1.19. The SMILES string of the molecule is Oc1ccc(F)c2c(F)c(F)c(F)c(O)c12. The Kier molecular flexibility index (Phi) is 2.15. The topological polar surface area (TPSA) is 40.5 Å². The summed E-state index contributed by atoms with van der Waals surface area (Å²) < 4.78 is 52.2. The second kappa shape index (κ2) is 3.26. The molecule has 0 unspecified atom stereocenters. The largest absolute Gasteiger partial charge is 0.507 e. The summed E-state index contributed by atoms with van der Waals surface area (Å²) in [5, 5.41) is 16.6.